The molecular formula is C34H38N2O10S4. The van der Waals surface area contributed by atoms with Gasteiger partial charge in [-0.3, -0.25) is 8.37 Å². The average Bonchev–Trinajstić information content (AvgIpc) is 3.03. The molecule has 1 heterocycles. The normalized spacial score (nSPS) is 18.7. The molecule has 5 rings (SSSR count). The number of nitrogens with zero attached hydrogens (tertiary/aromatic N) is 2. The fraction of sp³-hybridized carbons (Fsp3) is 0.294. The summed E-state index contributed by atoms with van der Waals surface area (Å²) in [6.45, 7) is 4.44. The highest BCUT2D eigenvalue weighted by Crippen LogP contribution is 2.27. The van der Waals surface area contributed by atoms with E-state index < -0.39 is 78.7 Å². The van der Waals surface area contributed by atoms with E-state index in [1.165, 1.54) is 48.5 Å². The van der Waals surface area contributed by atoms with E-state index in [4.69, 9.17) is 8.37 Å². The molecule has 0 radical (unpaired) electrons. The average molecular weight is 763 g/mol. The number of aryl methyl sites for hydroxylation is 4. The third-order valence-electron chi connectivity index (χ3n) is 8.09. The predicted octanol–water partition coefficient (Wildman–Crippen LogP) is 4.16. The molecule has 1 fully saturated rings. The molecule has 0 amide bonds. The van der Waals surface area contributed by atoms with Gasteiger partial charge in [-0.1, -0.05) is 70.8 Å². The largest absolute Gasteiger partial charge is 0.297 e. The van der Waals surface area contributed by atoms with Gasteiger partial charge in [0.25, 0.3) is 20.2 Å². The van der Waals surface area contributed by atoms with Crippen LogP contribution in [0.1, 0.15) is 22.3 Å². The Morgan fingerprint density at radius 1 is 0.400 bits per heavy atom. The van der Waals surface area contributed by atoms with Crippen LogP contribution in [0.3, 0.4) is 0 Å². The number of hydrogen-bond donors (Lipinski definition) is 0. The molecule has 268 valence electrons. The van der Waals surface area contributed by atoms with Crippen molar-refractivity contribution < 1.29 is 42.0 Å². The number of sulfonamides is 2. The van der Waals surface area contributed by atoms with E-state index in [9.17, 15) is 33.7 Å². The summed E-state index contributed by atoms with van der Waals surface area (Å²) in [5, 5.41) is 0. The number of benzene rings is 4. The fourth-order valence-corrected chi connectivity index (χ4v) is 10.4. The van der Waals surface area contributed by atoms with Crippen molar-refractivity contribution in [3.8, 4) is 0 Å². The second-order valence-electron chi connectivity index (χ2n) is 12.2. The van der Waals surface area contributed by atoms with E-state index >= 15 is 0 Å². The van der Waals surface area contributed by atoms with E-state index in [1.807, 2.05) is 0 Å². The third-order valence-corrected chi connectivity index (χ3v) is 14.5. The van der Waals surface area contributed by atoms with Crippen molar-refractivity contribution in [2.75, 3.05) is 26.2 Å². The summed E-state index contributed by atoms with van der Waals surface area (Å²) in [6, 6.07) is 23.4. The van der Waals surface area contributed by atoms with Crippen LogP contribution < -0.4 is 0 Å². The van der Waals surface area contributed by atoms with Gasteiger partial charge >= 0.3 is 0 Å². The second-order valence-corrected chi connectivity index (χ2v) is 19.3. The van der Waals surface area contributed by atoms with Crippen LogP contribution in [0, 0.1) is 27.7 Å². The maximum absolute atomic E-state index is 14.1. The Bertz CT molecular complexity index is 2080. The topological polar surface area (TPSA) is 162 Å². The van der Waals surface area contributed by atoms with E-state index in [-0.39, 0.29) is 19.6 Å². The van der Waals surface area contributed by atoms with Crippen molar-refractivity contribution in [2.24, 2.45) is 0 Å². The van der Waals surface area contributed by atoms with Crippen LogP contribution in [0.5, 0.6) is 0 Å². The third kappa shape index (κ3) is 8.69. The van der Waals surface area contributed by atoms with Crippen LogP contribution in [-0.2, 0) is 48.6 Å². The molecule has 0 N–H and O–H groups in total. The van der Waals surface area contributed by atoms with Gasteiger partial charge in [0.05, 0.1) is 19.6 Å². The van der Waals surface area contributed by atoms with Gasteiger partial charge in [-0.25, -0.2) is 16.8 Å². The van der Waals surface area contributed by atoms with Crippen molar-refractivity contribution >= 4 is 40.3 Å². The van der Waals surface area contributed by atoms with Crippen LogP contribution in [-0.4, -0.2) is 80.7 Å². The minimum absolute atomic E-state index is 0.145. The van der Waals surface area contributed by atoms with Crippen molar-refractivity contribution in [1.82, 2.24) is 8.61 Å². The summed E-state index contributed by atoms with van der Waals surface area (Å²) in [4.78, 5) is -0.714. The van der Waals surface area contributed by atoms with Gasteiger partial charge in [0.15, 0.2) is 0 Å². The lowest BCUT2D eigenvalue weighted by atomic mass is 10.2. The summed E-state index contributed by atoms with van der Waals surface area (Å²) >= 11 is 0. The first-order valence-corrected chi connectivity index (χ1v) is 21.2. The van der Waals surface area contributed by atoms with Gasteiger partial charge < -0.3 is 0 Å². The first-order valence-electron chi connectivity index (χ1n) is 15.5. The Kier molecular flexibility index (Phi) is 11.1. The minimum atomic E-state index is -4.54. The highest BCUT2D eigenvalue weighted by molar-refractivity contribution is 7.89. The molecule has 0 bridgehead atoms. The van der Waals surface area contributed by atoms with Gasteiger partial charge in [0, 0.05) is 26.2 Å². The maximum atomic E-state index is 14.1. The van der Waals surface area contributed by atoms with Crippen LogP contribution in [0.4, 0.5) is 0 Å². The lowest BCUT2D eigenvalue weighted by Crippen LogP contribution is -2.55. The summed E-state index contributed by atoms with van der Waals surface area (Å²) < 4.78 is 123. The molecule has 50 heavy (non-hydrogen) atoms. The summed E-state index contributed by atoms with van der Waals surface area (Å²) in [5.74, 6) is 0. The predicted molar refractivity (Wildman–Crippen MR) is 186 cm³/mol. The Morgan fingerprint density at radius 3 is 0.860 bits per heavy atom. The minimum Gasteiger partial charge on any atom is -0.260 e. The molecule has 12 nitrogen and oxygen atoms in total. The van der Waals surface area contributed by atoms with E-state index in [1.54, 1.807) is 76.2 Å². The standard InChI is InChI=1S/C34H38N2O10S4/c1-25-5-13-31(14-6-25)47(37,38)35-21-29(45-49(41,42)33-17-9-27(3)10-18-33)23-36(48(39,40)32-15-7-26(2)8-16-32)24-30(22-35)46-50(43,44)34-19-11-28(4)12-20-34/h5-20,29-30H,21-24H2,1-4H3. The molecule has 4 aromatic carbocycles. The second kappa shape index (κ2) is 14.6. The van der Waals surface area contributed by atoms with Gasteiger partial charge in [-0.05, 0) is 76.2 Å². The SMILES string of the molecule is Cc1ccc(S(=O)(=O)OC2CN(S(=O)(=O)c3ccc(C)cc3)CC(OS(=O)(=O)c3ccc(C)cc3)CN(S(=O)(=O)c3ccc(C)cc3)C2)cc1. The summed E-state index contributed by atoms with van der Waals surface area (Å²) in [6.07, 6.45) is -3.12. The molecule has 0 atom stereocenters. The monoisotopic (exact) mass is 762 g/mol. The van der Waals surface area contributed by atoms with Crippen molar-refractivity contribution in [3.63, 3.8) is 0 Å². The molecule has 0 aromatic heterocycles. The molecular weight excluding hydrogens is 725 g/mol. The van der Waals surface area contributed by atoms with Crippen molar-refractivity contribution in [3.05, 3.63) is 119 Å². The van der Waals surface area contributed by atoms with Crippen LogP contribution in [0.15, 0.2) is 117 Å². The van der Waals surface area contributed by atoms with Gasteiger partial charge in [-0.2, -0.15) is 25.4 Å². The molecule has 0 unspecified atom stereocenters. The van der Waals surface area contributed by atoms with E-state index in [0.29, 0.717) is 0 Å². The quantitative estimate of drug-likeness (QED) is 0.215. The van der Waals surface area contributed by atoms with Crippen molar-refractivity contribution in [2.45, 2.75) is 59.5 Å². The van der Waals surface area contributed by atoms with Gasteiger partial charge in [0.2, 0.25) is 20.0 Å². The molecule has 1 saturated heterocycles. The first kappa shape index (κ1) is 37.8. The highest BCUT2D eigenvalue weighted by atomic mass is 32.2. The first-order chi connectivity index (χ1) is 23.4. The molecule has 4 aromatic rings. The van der Waals surface area contributed by atoms with Gasteiger partial charge in [0.1, 0.15) is 12.2 Å². The zero-order valence-electron chi connectivity index (χ0n) is 27.8. The van der Waals surface area contributed by atoms with E-state index in [0.717, 1.165) is 30.9 Å². The number of hydrogen-bond acceptors (Lipinski definition) is 10. The lowest BCUT2D eigenvalue weighted by molar-refractivity contribution is 0.0821. The number of rotatable bonds is 10. The smallest absolute Gasteiger partial charge is 0.260 e. The Morgan fingerprint density at radius 2 is 0.620 bits per heavy atom. The summed E-state index contributed by atoms with van der Waals surface area (Å²) in [5.41, 5.74) is 3.13. The zero-order valence-corrected chi connectivity index (χ0v) is 31.1. The lowest BCUT2D eigenvalue weighted by Gasteiger charge is -2.36. The Labute approximate surface area is 294 Å². The summed E-state index contributed by atoms with van der Waals surface area (Å²) in [7, 11) is -17.9. The fourth-order valence-electron chi connectivity index (χ4n) is 5.29. The van der Waals surface area contributed by atoms with Crippen LogP contribution in [0.25, 0.3) is 0 Å². The molecule has 0 saturated carbocycles. The molecule has 1 aliphatic heterocycles. The molecule has 16 heteroatoms. The Balaban J connectivity index is 1.61. The highest BCUT2D eigenvalue weighted by Gasteiger charge is 2.41. The van der Waals surface area contributed by atoms with Crippen LogP contribution >= 0.6 is 0 Å². The molecule has 0 aliphatic carbocycles. The van der Waals surface area contributed by atoms with E-state index in [2.05, 4.69) is 0 Å². The molecule has 1 aliphatic rings. The molecule has 0 spiro atoms. The Hall–Kier alpha value is -3.48. The van der Waals surface area contributed by atoms with Crippen molar-refractivity contribution in [1.29, 1.82) is 0 Å². The van der Waals surface area contributed by atoms with Crippen LogP contribution in [0.2, 0.25) is 0 Å². The zero-order chi connectivity index (χ0) is 36.5. The maximum Gasteiger partial charge on any atom is 0.297 e. The van der Waals surface area contributed by atoms with Gasteiger partial charge in [-0.15, -0.1) is 0 Å².